The van der Waals surface area contributed by atoms with Crippen molar-refractivity contribution in [3.8, 4) is 17.2 Å². The summed E-state index contributed by atoms with van der Waals surface area (Å²) in [4.78, 5) is 23.4. The number of ether oxygens (including phenoxy) is 3. The molecule has 2 unspecified atom stereocenters. The molecule has 0 aliphatic carbocycles. The molecule has 0 saturated carbocycles. The topological polar surface area (TPSA) is 131 Å². The number of likely N-dealkylation sites (N-methyl/N-ethyl adjacent to an activating group) is 1. The van der Waals surface area contributed by atoms with Crippen LogP contribution in [0.2, 0.25) is 0 Å². The number of rotatable bonds is 9. The molecule has 2 aromatic carbocycles. The average Bonchev–Trinajstić information content (AvgIpc) is 3.10. The maximum absolute atomic E-state index is 12.9. The third kappa shape index (κ3) is 5.69. The van der Waals surface area contributed by atoms with Gasteiger partial charge in [-0.25, -0.2) is 13.2 Å². The van der Waals surface area contributed by atoms with E-state index in [0.29, 0.717) is 0 Å². The summed E-state index contributed by atoms with van der Waals surface area (Å²) in [5, 5.41) is 12.8. The van der Waals surface area contributed by atoms with Crippen LogP contribution in [-0.4, -0.2) is 68.5 Å². The minimum atomic E-state index is -4.83. The van der Waals surface area contributed by atoms with Gasteiger partial charge in [0.05, 0.1) is 17.0 Å². The van der Waals surface area contributed by atoms with Crippen molar-refractivity contribution in [3.05, 3.63) is 48.5 Å². The van der Waals surface area contributed by atoms with Gasteiger partial charge in [0, 0.05) is 7.05 Å². The van der Waals surface area contributed by atoms with Gasteiger partial charge in [-0.3, -0.25) is 4.79 Å². The number of hydrogen-bond acceptors (Lipinski definition) is 8. The zero-order chi connectivity index (χ0) is 25.1. The Kier molecular flexibility index (Phi) is 7.21. The van der Waals surface area contributed by atoms with Crippen LogP contribution in [0.25, 0.3) is 0 Å². The zero-order valence-corrected chi connectivity index (χ0v) is 18.2. The van der Waals surface area contributed by atoms with Gasteiger partial charge in [-0.2, -0.15) is 0 Å². The van der Waals surface area contributed by atoms with Gasteiger partial charge < -0.3 is 29.5 Å². The molecule has 1 aliphatic rings. The molecule has 184 valence electrons. The van der Waals surface area contributed by atoms with Crippen LogP contribution < -0.4 is 14.8 Å². The quantitative estimate of drug-likeness (QED) is 0.496. The van der Waals surface area contributed by atoms with Crippen LogP contribution in [0.5, 0.6) is 17.2 Å². The van der Waals surface area contributed by atoms with E-state index in [9.17, 15) is 36.3 Å². The van der Waals surface area contributed by atoms with E-state index in [2.05, 4.69) is 10.1 Å². The van der Waals surface area contributed by atoms with Crippen LogP contribution in [0, 0.1) is 0 Å². The van der Waals surface area contributed by atoms with E-state index < -0.39 is 45.6 Å². The van der Waals surface area contributed by atoms with Gasteiger partial charge in [-0.1, -0.05) is 0 Å². The molecule has 10 nitrogen and oxygen atoms in total. The van der Waals surface area contributed by atoms with Crippen LogP contribution in [0.15, 0.2) is 53.4 Å². The summed E-state index contributed by atoms with van der Waals surface area (Å²) in [6, 6.07) is 7.10. The highest BCUT2D eigenvalue weighted by atomic mass is 32.2. The lowest BCUT2D eigenvalue weighted by Gasteiger charge is -2.29. The van der Waals surface area contributed by atoms with Gasteiger partial charge in [-0.15, -0.1) is 13.2 Å². The van der Waals surface area contributed by atoms with Crippen LogP contribution >= 0.6 is 0 Å². The van der Waals surface area contributed by atoms with Crippen molar-refractivity contribution >= 4 is 22.3 Å². The Hall–Kier alpha value is -3.52. The van der Waals surface area contributed by atoms with Gasteiger partial charge in [-0.05, 0) is 48.5 Å². The lowest BCUT2D eigenvalue weighted by molar-refractivity contribution is -0.274. The van der Waals surface area contributed by atoms with Gasteiger partial charge in [0.1, 0.15) is 23.9 Å². The Labute approximate surface area is 191 Å². The summed E-state index contributed by atoms with van der Waals surface area (Å²) < 4.78 is 76.6. The second-order valence-electron chi connectivity index (χ2n) is 7.09. The van der Waals surface area contributed by atoms with E-state index in [4.69, 9.17) is 9.47 Å². The molecule has 1 saturated heterocycles. The summed E-state index contributed by atoms with van der Waals surface area (Å²) in [6.07, 6.45) is -5.35. The lowest BCUT2D eigenvalue weighted by atomic mass is 10.1. The number of cyclic esters (lactones) is 1. The van der Waals surface area contributed by atoms with Crippen LogP contribution in [0.1, 0.15) is 0 Å². The molecule has 1 heterocycles. The van der Waals surface area contributed by atoms with E-state index in [1.807, 2.05) is 0 Å². The number of hydrogen-bond donors (Lipinski definition) is 2. The number of halogens is 3. The molecule has 2 amide bonds. The van der Waals surface area contributed by atoms with Crippen molar-refractivity contribution in [3.63, 3.8) is 0 Å². The summed E-state index contributed by atoms with van der Waals surface area (Å²) in [5.74, 6) is -0.113. The number of nitrogens with zero attached hydrogens (tertiary/aromatic N) is 1. The first-order valence-electron chi connectivity index (χ1n) is 9.57. The summed E-state index contributed by atoms with van der Waals surface area (Å²) >= 11 is 0. The first-order valence-corrected chi connectivity index (χ1v) is 11.1. The molecular formula is C20H19F3N2O8S. The fourth-order valence-electron chi connectivity index (χ4n) is 3.19. The molecule has 34 heavy (non-hydrogen) atoms. The number of alkyl halides is 3. The minimum Gasteiger partial charge on any atom is -0.457 e. The monoisotopic (exact) mass is 504 g/mol. The Morgan fingerprint density at radius 1 is 1.12 bits per heavy atom. The van der Waals surface area contributed by atoms with Gasteiger partial charge >= 0.3 is 12.5 Å². The largest absolute Gasteiger partial charge is 0.573 e. The molecule has 0 bridgehead atoms. The Balaban J connectivity index is 1.73. The lowest BCUT2D eigenvalue weighted by Crippen LogP contribution is -2.55. The molecule has 1 aliphatic heterocycles. The highest BCUT2D eigenvalue weighted by Crippen LogP contribution is 2.29. The van der Waals surface area contributed by atoms with Crippen molar-refractivity contribution in [2.24, 2.45) is 0 Å². The molecule has 0 spiro atoms. The van der Waals surface area contributed by atoms with Crippen molar-refractivity contribution in [1.82, 2.24) is 10.2 Å². The number of nitrogens with one attached hydrogen (secondary N) is 1. The molecule has 0 radical (unpaired) electrons. The van der Waals surface area contributed by atoms with E-state index in [-0.39, 0.29) is 29.4 Å². The van der Waals surface area contributed by atoms with Crippen LogP contribution in [-0.2, 0) is 19.4 Å². The number of aliphatic hydroxyl groups excluding tert-OH is 1. The number of sulfone groups is 1. The number of aliphatic hydroxyl groups is 1. The Bertz CT molecular complexity index is 1120. The molecular weight excluding hydrogens is 485 g/mol. The summed E-state index contributed by atoms with van der Waals surface area (Å²) in [6.45, 7) is -0.229. The van der Waals surface area contributed by atoms with Crippen molar-refractivity contribution in [2.45, 2.75) is 28.8 Å². The fraction of sp³-hybridized carbons (Fsp3) is 0.300. The Morgan fingerprint density at radius 3 is 2.12 bits per heavy atom. The van der Waals surface area contributed by atoms with E-state index >= 15 is 0 Å². The third-order valence-electron chi connectivity index (χ3n) is 4.91. The molecule has 2 N–H and O–H groups in total. The molecule has 2 aromatic rings. The maximum Gasteiger partial charge on any atom is 0.573 e. The molecule has 14 heteroatoms. The smallest absolute Gasteiger partial charge is 0.457 e. The van der Waals surface area contributed by atoms with E-state index in [1.54, 1.807) is 0 Å². The second-order valence-corrected chi connectivity index (χ2v) is 9.14. The Morgan fingerprint density at radius 2 is 1.65 bits per heavy atom. The highest BCUT2D eigenvalue weighted by molar-refractivity contribution is 7.92. The minimum absolute atomic E-state index is 0.161. The zero-order valence-electron chi connectivity index (χ0n) is 17.4. The number of carbonyl (C=O) groups is 2. The number of amides is 2. The summed E-state index contributed by atoms with van der Waals surface area (Å²) in [7, 11) is -3.05. The van der Waals surface area contributed by atoms with Crippen molar-refractivity contribution in [1.29, 1.82) is 0 Å². The SMILES string of the molecule is CN1C(=O)OC[C@@H]1C(NC=O)C(O)S(=O)(=O)c1ccc(Oc2ccc(OC(F)(F)F)cc2)cc1. The van der Waals surface area contributed by atoms with Crippen molar-refractivity contribution < 1.29 is 50.5 Å². The highest BCUT2D eigenvalue weighted by Gasteiger charge is 2.44. The van der Waals surface area contributed by atoms with Crippen LogP contribution in [0.4, 0.5) is 18.0 Å². The van der Waals surface area contributed by atoms with Gasteiger partial charge in [0.15, 0.2) is 5.44 Å². The fourth-order valence-corrected chi connectivity index (χ4v) is 4.63. The molecule has 3 rings (SSSR count). The third-order valence-corrected chi connectivity index (χ3v) is 6.77. The van der Waals surface area contributed by atoms with Crippen LogP contribution in [0.3, 0.4) is 0 Å². The van der Waals surface area contributed by atoms with E-state index in [1.165, 1.54) is 31.3 Å². The first-order chi connectivity index (χ1) is 15.9. The van der Waals surface area contributed by atoms with Gasteiger partial charge in [0.25, 0.3) is 0 Å². The molecule has 1 fully saturated rings. The van der Waals surface area contributed by atoms with E-state index in [0.717, 1.165) is 29.2 Å². The standard InChI is InChI=1S/C20H19F3N2O8S/c1-25-16(10-31-19(25)28)17(24-11-26)18(27)34(29,30)15-8-6-13(7-9-15)32-12-2-4-14(5-3-12)33-20(21,22)23/h2-9,11,16-18,27H,10H2,1H3,(H,24,26)/t16-,17?,18?/m1/s1. The predicted molar refractivity (Wildman–Crippen MR) is 109 cm³/mol. The average molecular weight is 504 g/mol. The van der Waals surface area contributed by atoms with Crippen molar-refractivity contribution in [2.75, 3.05) is 13.7 Å². The normalized spacial score (nSPS) is 18.1. The molecule has 0 aromatic heterocycles. The number of benzene rings is 2. The number of carbonyl (C=O) groups excluding carboxylic acids is 2. The maximum atomic E-state index is 12.9. The second kappa shape index (κ2) is 9.77. The van der Waals surface area contributed by atoms with Gasteiger partial charge in [0.2, 0.25) is 16.2 Å². The molecule has 3 atom stereocenters. The summed E-state index contributed by atoms with van der Waals surface area (Å²) in [5.41, 5.74) is -2.10. The first kappa shape index (κ1) is 25.1. The predicted octanol–water partition coefficient (Wildman–Crippen LogP) is 2.03.